The number of phenols is 1. The molecule has 0 aliphatic carbocycles. The summed E-state index contributed by atoms with van der Waals surface area (Å²) in [6.07, 6.45) is 33.8. The van der Waals surface area contributed by atoms with Crippen molar-refractivity contribution in [1.29, 1.82) is 0 Å². The fourth-order valence-corrected chi connectivity index (χ4v) is 12.0. The van der Waals surface area contributed by atoms with E-state index in [0.29, 0.717) is 5.75 Å². The maximum absolute atomic E-state index is 11.1. The van der Waals surface area contributed by atoms with E-state index in [-0.39, 0.29) is 21.8 Å². The summed E-state index contributed by atoms with van der Waals surface area (Å²) in [5.74, 6) is 8.67. The number of phenolic OH excluding ortho intramolecular Hbond substituents is 1. The molecular formula is C41H80OS2. The number of thiol groups is 2. The predicted molar refractivity (Wildman–Crippen MR) is 211 cm³/mol. The van der Waals surface area contributed by atoms with Crippen molar-refractivity contribution >= 4 is 21.8 Å². The molecule has 3 heteroatoms. The van der Waals surface area contributed by atoms with Crippen molar-refractivity contribution in [2.24, 2.45) is 0 Å². The van der Waals surface area contributed by atoms with Crippen molar-refractivity contribution < 1.29 is 5.11 Å². The molecule has 0 aliphatic heterocycles. The van der Waals surface area contributed by atoms with E-state index in [1.807, 2.05) is 0 Å². The molecule has 1 nitrogen and oxygen atoms in total. The average molecular weight is 653 g/mol. The summed E-state index contributed by atoms with van der Waals surface area (Å²) in [7, 11) is 0.0359. The van der Waals surface area contributed by atoms with Gasteiger partial charge < -0.3 is 5.11 Å². The summed E-state index contributed by atoms with van der Waals surface area (Å²) in [6, 6.07) is 4.77. The zero-order valence-corrected chi connectivity index (χ0v) is 32.5. The molecule has 2 unspecified atom stereocenters. The topological polar surface area (TPSA) is 20.2 Å². The summed E-state index contributed by atoms with van der Waals surface area (Å²) >= 11 is 0. The van der Waals surface area contributed by atoms with Gasteiger partial charge in [0.15, 0.2) is 0 Å². The van der Waals surface area contributed by atoms with Gasteiger partial charge in [-0.05, 0) is 66.7 Å². The first-order valence-corrected chi connectivity index (χ1v) is 23.6. The van der Waals surface area contributed by atoms with Crippen LogP contribution in [0.15, 0.2) is 12.1 Å². The fraction of sp³-hybridized carbons (Fsp3) is 0.854. The highest BCUT2D eigenvalue weighted by Gasteiger charge is 2.14. The number of hydrogen-bond donors (Lipinski definition) is 3. The molecule has 44 heavy (non-hydrogen) atoms. The van der Waals surface area contributed by atoms with Gasteiger partial charge in [-0.15, -0.1) is 0 Å². The van der Waals surface area contributed by atoms with Gasteiger partial charge in [0.2, 0.25) is 0 Å². The lowest BCUT2D eigenvalue weighted by atomic mass is 10.1. The smallest absolute Gasteiger partial charge is 0.122 e. The Kier molecular flexibility index (Phi) is 28.5. The minimum atomic E-state index is -0.0245. The molecule has 262 valence electrons. The van der Waals surface area contributed by atoms with Gasteiger partial charge in [0.25, 0.3) is 0 Å². The van der Waals surface area contributed by atoms with Crippen molar-refractivity contribution in [2.45, 2.75) is 200 Å². The van der Waals surface area contributed by atoms with E-state index in [0.717, 1.165) is 11.3 Å². The van der Waals surface area contributed by atoms with E-state index in [9.17, 15) is 5.11 Å². The Labute approximate surface area is 283 Å². The SMILES string of the molecule is CCCCCCCCCCCC[SH](CCCC)Cc1cc(C)c(O)c(C[SH](CCCC)CCCCCCCCCCCC)c1. The molecule has 0 spiro atoms. The third-order valence-electron chi connectivity index (χ3n) is 9.55. The second-order valence-corrected chi connectivity index (χ2v) is 19.1. The first-order valence-electron chi connectivity index (χ1n) is 19.8. The Morgan fingerprint density at radius 2 is 0.773 bits per heavy atom. The Bertz CT molecular complexity index is 763. The van der Waals surface area contributed by atoms with Gasteiger partial charge in [0, 0.05) is 17.1 Å². The lowest BCUT2D eigenvalue weighted by Gasteiger charge is -2.25. The summed E-state index contributed by atoms with van der Waals surface area (Å²) in [6.45, 7) is 11.4. The maximum Gasteiger partial charge on any atom is 0.122 e. The predicted octanol–water partition coefficient (Wildman–Crippen LogP) is 14.1. The number of aromatic hydroxyl groups is 1. The highest BCUT2D eigenvalue weighted by Crippen LogP contribution is 2.40. The van der Waals surface area contributed by atoms with E-state index in [1.165, 1.54) is 194 Å². The van der Waals surface area contributed by atoms with E-state index in [4.69, 9.17) is 0 Å². The van der Waals surface area contributed by atoms with Crippen LogP contribution in [-0.4, -0.2) is 28.1 Å². The molecule has 1 N–H and O–H groups in total. The zero-order valence-electron chi connectivity index (χ0n) is 30.7. The van der Waals surface area contributed by atoms with Crippen LogP contribution in [0.4, 0.5) is 0 Å². The van der Waals surface area contributed by atoms with E-state index in [1.54, 1.807) is 0 Å². The second-order valence-electron chi connectivity index (χ2n) is 14.0. The first kappa shape index (κ1) is 41.7. The lowest BCUT2D eigenvalue weighted by molar-refractivity contribution is 0.466. The molecule has 2 atom stereocenters. The first-order chi connectivity index (χ1) is 21.5. The van der Waals surface area contributed by atoms with Gasteiger partial charge in [-0.25, -0.2) is 21.8 Å². The minimum absolute atomic E-state index is 0.0245. The van der Waals surface area contributed by atoms with Gasteiger partial charge in [0.1, 0.15) is 5.75 Å². The highest BCUT2D eigenvalue weighted by atomic mass is 32.2. The molecule has 0 fully saturated rings. The Hall–Kier alpha value is -0.280. The number of rotatable bonds is 32. The third kappa shape index (κ3) is 22.3. The third-order valence-corrected chi connectivity index (χ3v) is 14.9. The molecule has 0 saturated heterocycles. The van der Waals surface area contributed by atoms with E-state index in [2.05, 4.69) is 46.8 Å². The van der Waals surface area contributed by atoms with Crippen LogP contribution in [-0.2, 0) is 11.5 Å². The lowest BCUT2D eigenvalue weighted by Crippen LogP contribution is -2.03. The summed E-state index contributed by atoms with van der Waals surface area (Å²) < 4.78 is 0. The second kappa shape index (κ2) is 30.1. The molecule has 0 bridgehead atoms. The van der Waals surface area contributed by atoms with Crippen molar-refractivity contribution in [1.82, 2.24) is 0 Å². The highest BCUT2D eigenvalue weighted by molar-refractivity contribution is 8.16. The molecule has 0 saturated carbocycles. The molecular weight excluding hydrogens is 573 g/mol. The molecule has 0 heterocycles. The molecule has 1 aromatic rings. The van der Waals surface area contributed by atoms with Crippen LogP contribution in [0.3, 0.4) is 0 Å². The van der Waals surface area contributed by atoms with Crippen LogP contribution < -0.4 is 0 Å². The molecule has 0 aliphatic rings. The standard InChI is InChI=1S/C41H80OS2/c1-6-10-14-16-18-20-22-24-26-28-32-43(30-12-8-3)36-39-34-38(5)41(42)40(35-39)37-44(31-13-9-4)33-29-27-25-23-21-19-17-15-11-7-2/h34-35,42-44H,6-33,36-37H2,1-5H3. The monoisotopic (exact) mass is 653 g/mol. The molecule has 0 radical (unpaired) electrons. The molecule has 0 amide bonds. The number of benzene rings is 1. The van der Waals surface area contributed by atoms with Gasteiger partial charge in [-0.1, -0.05) is 168 Å². The Balaban J connectivity index is 2.58. The summed E-state index contributed by atoms with van der Waals surface area (Å²) in [5, 5.41) is 11.1. The van der Waals surface area contributed by atoms with E-state index >= 15 is 0 Å². The maximum atomic E-state index is 11.1. The fourth-order valence-electron chi connectivity index (χ4n) is 6.59. The van der Waals surface area contributed by atoms with Crippen LogP contribution in [0.1, 0.15) is 198 Å². The largest absolute Gasteiger partial charge is 0.507 e. The normalized spacial score (nSPS) is 13.8. The van der Waals surface area contributed by atoms with Crippen LogP contribution in [0.2, 0.25) is 0 Å². The van der Waals surface area contributed by atoms with Gasteiger partial charge >= 0.3 is 0 Å². The van der Waals surface area contributed by atoms with Crippen LogP contribution in [0, 0.1) is 6.92 Å². The number of hydrogen-bond acceptors (Lipinski definition) is 1. The van der Waals surface area contributed by atoms with Crippen molar-refractivity contribution in [3.63, 3.8) is 0 Å². The van der Waals surface area contributed by atoms with Gasteiger partial charge in [-0.2, -0.15) is 0 Å². The Morgan fingerprint density at radius 1 is 0.432 bits per heavy atom. The number of aryl methyl sites for hydroxylation is 1. The number of unbranched alkanes of at least 4 members (excludes halogenated alkanes) is 20. The van der Waals surface area contributed by atoms with Gasteiger partial charge in [0.05, 0.1) is 0 Å². The quantitative estimate of drug-likeness (QED) is 0.0522. The Morgan fingerprint density at radius 3 is 1.18 bits per heavy atom. The summed E-state index contributed by atoms with van der Waals surface area (Å²) in [5.41, 5.74) is 3.92. The van der Waals surface area contributed by atoms with Crippen molar-refractivity contribution in [3.05, 3.63) is 28.8 Å². The van der Waals surface area contributed by atoms with Crippen LogP contribution >= 0.6 is 21.8 Å². The molecule has 1 rings (SSSR count). The zero-order chi connectivity index (χ0) is 32.1. The average Bonchev–Trinajstić information content (AvgIpc) is 3.02. The summed E-state index contributed by atoms with van der Waals surface area (Å²) in [4.78, 5) is 0. The molecule has 1 aromatic carbocycles. The minimum Gasteiger partial charge on any atom is -0.507 e. The van der Waals surface area contributed by atoms with Crippen molar-refractivity contribution in [2.75, 3.05) is 23.0 Å². The van der Waals surface area contributed by atoms with Gasteiger partial charge in [-0.3, -0.25) is 0 Å². The molecule has 0 aromatic heterocycles. The van der Waals surface area contributed by atoms with Crippen LogP contribution in [0.5, 0.6) is 5.75 Å². The van der Waals surface area contributed by atoms with Crippen LogP contribution in [0.25, 0.3) is 0 Å². The van der Waals surface area contributed by atoms with E-state index < -0.39 is 0 Å². The van der Waals surface area contributed by atoms with Crippen molar-refractivity contribution in [3.8, 4) is 5.75 Å².